The van der Waals surface area contributed by atoms with E-state index in [0.717, 1.165) is 19.4 Å². The van der Waals surface area contributed by atoms with E-state index in [4.69, 9.17) is 4.74 Å². The summed E-state index contributed by atoms with van der Waals surface area (Å²) >= 11 is 0. The van der Waals surface area contributed by atoms with Gasteiger partial charge in [-0.25, -0.2) is 0 Å². The maximum Gasteiger partial charge on any atom is 0.0880 e. The lowest BCUT2D eigenvalue weighted by Gasteiger charge is -2.59. The van der Waals surface area contributed by atoms with E-state index in [1.54, 1.807) is 5.57 Å². The third-order valence-corrected chi connectivity index (χ3v) is 7.83. The van der Waals surface area contributed by atoms with E-state index in [9.17, 15) is 5.11 Å². The zero-order chi connectivity index (χ0) is 15.8. The number of allylic oxidation sites excluding steroid dienone is 3. The maximum atomic E-state index is 10.7. The molecule has 3 fully saturated rings. The van der Waals surface area contributed by atoms with Gasteiger partial charge in [-0.2, -0.15) is 0 Å². The predicted octanol–water partition coefficient (Wildman–Crippen LogP) is 4.10. The van der Waals surface area contributed by atoms with Gasteiger partial charge in [-0.15, -0.1) is 6.58 Å². The van der Waals surface area contributed by atoms with Crippen LogP contribution in [0.1, 0.15) is 52.9 Å². The van der Waals surface area contributed by atoms with Crippen molar-refractivity contribution in [2.75, 3.05) is 6.61 Å². The van der Waals surface area contributed by atoms with Gasteiger partial charge >= 0.3 is 0 Å². The van der Waals surface area contributed by atoms with Crippen molar-refractivity contribution in [3.8, 4) is 0 Å². The standard InChI is InChI=1S/C20H30O2/c1-5-18(2)9-8-14-13(10-18)6-7-16-19(14,3)11-15-17(21)20(16,4)12-22-15/h5-6,14-17,21H,1,7-12H2,2-4H3/t14-,15-,16+,17-,18-,19+,20+/m0/s1. The zero-order valence-electron chi connectivity index (χ0n) is 14.3. The SMILES string of the molecule is C=C[C@@]1(C)CC[C@H]2C(=CC[C@@H]3[C@]2(C)C[C@@H]2OC[C@@]3(C)[C@H]2O)C1. The monoisotopic (exact) mass is 302 g/mol. The molecule has 0 aromatic carbocycles. The highest BCUT2D eigenvalue weighted by Gasteiger charge is 2.64. The molecule has 1 N–H and O–H groups in total. The normalized spacial score (nSPS) is 56.8. The Morgan fingerprint density at radius 1 is 1.32 bits per heavy atom. The minimum Gasteiger partial charge on any atom is -0.390 e. The van der Waals surface area contributed by atoms with Crippen LogP contribution >= 0.6 is 0 Å². The number of ether oxygens (including phenoxy) is 1. The van der Waals surface area contributed by atoms with Gasteiger partial charge < -0.3 is 9.84 Å². The molecule has 0 radical (unpaired) electrons. The molecule has 0 spiro atoms. The first-order valence-electron chi connectivity index (χ1n) is 8.95. The van der Waals surface area contributed by atoms with Gasteiger partial charge in [0.25, 0.3) is 0 Å². The van der Waals surface area contributed by atoms with Crippen molar-refractivity contribution < 1.29 is 9.84 Å². The Morgan fingerprint density at radius 2 is 2.09 bits per heavy atom. The van der Waals surface area contributed by atoms with Crippen molar-refractivity contribution >= 4 is 0 Å². The molecule has 2 heteroatoms. The second-order valence-corrected chi connectivity index (χ2v) is 9.20. The number of hydrogen-bond acceptors (Lipinski definition) is 2. The van der Waals surface area contributed by atoms with Gasteiger partial charge in [0.2, 0.25) is 0 Å². The summed E-state index contributed by atoms with van der Waals surface area (Å²) in [7, 11) is 0. The lowest BCUT2D eigenvalue weighted by molar-refractivity contribution is -0.115. The summed E-state index contributed by atoms with van der Waals surface area (Å²) in [5.41, 5.74) is 2.17. The van der Waals surface area contributed by atoms with Crippen molar-refractivity contribution in [2.24, 2.45) is 28.1 Å². The lowest BCUT2D eigenvalue weighted by atomic mass is 9.45. The van der Waals surface area contributed by atoms with Gasteiger partial charge in [0.1, 0.15) is 0 Å². The van der Waals surface area contributed by atoms with Gasteiger partial charge in [0.05, 0.1) is 18.8 Å². The van der Waals surface area contributed by atoms with Crippen LogP contribution in [-0.4, -0.2) is 23.9 Å². The molecule has 22 heavy (non-hydrogen) atoms. The summed E-state index contributed by atoms with van der Waals surface area (Å²) in [5, 5.41) is 10.7. The highest BCUT2D eigenvalue weighted by molar-refractivity contribution is 5.27. The van der Waals surface area contributed by atoms with Crippen LogP contribution in [0.4, 0.5) is 0 Å². The Labute approximate surface area is 134 Å². The summed E-state index contributed by atoms with van der Waals surface area (Å²) < 4.78 is 6.00. The lowest BCUT2D eigenvalue weighted by Crippen LogP contribution is -2.58. The smallest absolute Gasteiger partial charge is 0.0880 e. The molecule has 1 heterocycles. The third kappa shape index (κ3) is 1.74. The summed E-state index contributed by atoms with van der Waals surface area (Å²) in [5.74, 6) is 1.23. The Bertz CT molecular complexity index is 538. The summed E-state index contributed by atoms with van der Waals surface area (Å²) in [6.45, 7) is 11.9. The average Bonchev–Trinajstić information content (AvgIpc) is 2.68. The predicted molar refractivity (Wildman–Crippen MR) is 88.4 cm³/mol. The number of aliphatic hydroxyl groups is 1. The van der Waals surface area contributed by atoms with Gasteiger partial charge in [0.15, 0.2) is 0 Å². The molecule has 4 aliphatic rings. The molecule has 4 rings (SSSR count). The number of hydrogen-bond donors (Lipinski definition) is 1. The van der Waals surface area contributed by atoms with Crippen LogP contribution in [0.5, 0.6) is 0 Å². The second kappa shape index (κ2) is 4.48. The molecule has 1 aliphatic heterocycles. The zero-order valence-corrected chi connectivity index (χ0v) is 14.3. The molecule has 0 aromatic rings. The number of fused-ring (bicyclic) bond motifs is 6. The fourth-order valence-electron chi connectivity index (χ4n) is 6.37. The van der Waals surface area contributed by atoms with Gasteiger partial charge in [-0.05, 0) is 54.8 Å². The van der Waals surface area contributed by atoms with E-state index in [-0.39, 0.29) is 23.0 Å². The maximum absolute atomic E-state index is 10.7. The molecule has 122 valence electrons. The summed E-state index contributed by atoms with van der Waals surface area (Å²) in [4.78, 5) is 0. The molecule has 3 aliphatic carbocycles. The van der Waals surface area contributed by atoms with Crippen molar-refractivity contribution in [3.63, 3.8) is 0 Å². The van der Waals surface area contributed by atoms with E-state index in [1.807, 2.05) is 0 Å². The number of rotatable bonds is 1. The molecule has 7 atom stereocenters. The van der Waals surface area contributed by atoms with Gasteiger partial charge in [-0.3, -0.25) is 0 Å². The van der Waals surface area contributed by atoms with Crippen LogP contribution in [0.3, 0.4) is 0 Å². The summed E-state index contributed by atoms with van der Waals surface area (Å²) in [6, 6.07) is 0. The van der Waals surface area contributed by atoms with Crippen LogP contribution in [0.25, 0.3) is 0 Å². The van der Waals surface area contributed by atoms with Crippen LogP contribution in [0, 0.1) is 28.1 Å². The minimum absolute atomic E-state index is 0.0540. The Morgan fingerprint density at radius 3 is 2.82 bits per heavy atom. The van der Waals surface area contributed by atoms with E-state index < -0.39 is 0 Å². The number of aliphatic hydroxyl groups excluding tert-OH is 1. The molecule has 2 saturated carbocycles. The van der Waals surface area contributed by atoms with E-state index in [1.165, 1.54) is 19.3 Å². The van der Waals surface area contributed by atoms with E-state index >= 15 is 0 Å². The highest BCUT2D eigenvalue weighted by Crippen LogP contribution is 2.65. The van der Waals surface area contributed by atoms with Gasteiger partial charge in [-0.1, -0.05) is 38.5 Å². The molecular weight excluding hydrogens is 272 g/mol. The fraction of sp³-hybridized carbons (Fsp3) is 0.800. The van der Waals surface area contributed by atoms with Crippen molar-refractivity contribution in [1.29, 1.82) is 0 Å². The van der Waals surface area contributed by atoms with Crippen molar-refractivity contribution in [3.05, 3.63) is 24.3 Å². The molecular formula is C20H30O2. The minimum atomic E-state index is -0.275. The molecule has 2 nitrogen and oxygen atoms in total. The van der Waals surface area contributed by atoms with Crippen LogP contribution < -0.4 is 0 Å². The van der Waals surface area contributed by atoms with E-state index in [0.29, 0.717) is 17.3 Å². The largest absolute Gasteiger partial charge is 0.390 e. The Kier molecular flexibility index (Phi) is 3.05. The van der Waals surface area contributed by atoms with E-state index in [2.05, 4.69) is 39.5 Å². The first kappa shape index (κ1) is 15.0. The Hall–Kier alpha value is -0.600. The molecule has 0 aromatic heterocycles. The molecule has 0 unspecified atom stereocenters. The van der Waals surface area contributed by atoms with Crippen LogP contribution in [0.15, 0.2) is 24.3 Å². The van der Waals surface area contributed by atoms with Crippen molar-refractivity contribution in [2.45, 2.75) is 65.1 Å². The third-order valence-electron chi connectivity index (χ3n) is 7.83. The van der Waals surface area contributed by atoms with Crippen molar-refractivity contribution in [1.82, 2.24) is 0 Å². The molecule has 2 bridgehead atoms. The molecule has 1 saturated heterocycles. The first-order valence-corrected chi connectivity index (χ1v) is 8.95. The molecule has 0 amide bonds. The Balaban J connectivity index is 1.72. The van der Waals surface area contributed by atoms with Crippen LogP contribution in [0.2, 0.25) is 0 Å². The van der Waals surface area contributed by atoms with Gasteiger partial charge in [0, 0.05) is 5.41 Å². The quantitative estimate of drug-likeness (QED) is 0.739. The topological polar surface area (TPSA) is 29.5 Å². The average molecular weight is 302 g/mol. The first-order chi connectivity index (χ1) is 10.3. The summed E-state index contributed by atoms with van der Waals surface area (Å²) in [6.07, 6.45) is 10.3. The second-order valence-electron chi connectivity index (χ2n) is 9.20. The highest BCUT2D eigenvalue weighted by atomic mass is 16.5. The van der Waals surface area contributed by atoms with Crippen LogP contribution in [-0.2, 0) is 4.74 Å². The fourth-order valence-corrected chi connectivity index (χ4v) is 6.37.